The molecule has 1 rings (SSSR count). The lowest BCUT2D eigenvalue weighted by Crippen LogP contribution is -2.25. The monoisotopic (exact) mass is 341 g/mol. The van der Waals surface area contributed by atoms with Crippen LogP contribution in [0.1, 0.15) is 37.0 Å². The molecular weight excluding hydrogens is 318 g/mol. The molecule has 0 atom stereocenters. The molecule has 0 spiro atoms. The van der Waals surface area contributed by atoms with Crippen molar-refractivity contribution in [1.29, 1.82) is 0 Å². The number of carbonyl (C=O) groups is 1. The van der Waals surface area contributed by atoms with Crippen LogP contribution in [0.25, 0.3) is 0 Å². The van der Waals surface area contributed by atoms with Gasteiger partial charge in [-0.1, -0.05) is 28.1 Å². The molecule has 0 N–H and O–H groups in total. The molecule has 20 heavy (non-hydrogen) atoms. The molecule has 0 unspecified atom stereocenters. The first-order valence-corrected chi connectivity index (χ1v) is 7.87. The zero-order chi connectivity index (χ0) is 15.0. The Morgan fingerprint density at radius 2 is 1.90 bits per heavy atom. The Hall–Kier alpha value is -0.710. The highest BCUT2D eigenvalue weighted by molar-refractivity contribution is 9.10. The Morgan fingerprint density at radius 1 is 1.25 bits per heavy atom. The van der Waals surface area contributed by atoms with Crippen molar-refractivity contribution in [3.63, 3.8) is 0 Å². The van der Waals surface area contributed by atoms with Crippen LogP contribution in [0.2, 0.25) is 0 Å². The van der Waals surface area contributed by atoms with E-state index in [1.54, 1.807) is 0 Å². The minimum Gasteiger partial charge on any atom is -0.377 e. The van der Waals surface area contributed by atoms with E-state index in [2.05, 4.69) is 27.9 Å². The molecule has 0 bridgehead atoms. The number of benzene rings is 1. The smallest absolute Gasteiger partial charge is 0.162 e. The summed E-state index contributed by atoms with van der Waals surface area (Å²) < 4.78 is 6.51. The van der Waals surface area contributed by atoms with Gasteiger partial charge in [0.2, 0.25) is 0 Å². The number of likely N-dealkylation sites (N-methyl/N-ethyl adjacent to an activating group) is 1. The predicted molar refractivity (Wildman–Crippen MR) is 86.3 cm³/mol. The third kappa shape index (κ3) is 7.17. The van der Waals surface area contributed by atoms with Crippen LogP contribution in [0.15, 0.2) is 28.7 Å². The van der Waals surface area contributed by atoms with Gasteiger partial charge in [0, 0.05) is 23.0 Å². The van der Waals surface area contributed by atoms with Crippen molar-refractivity contribution in [3.05, 3.63) is 34.3 Å². The Morgan fingerprint density at radius 3 is 2.50 bits per heavy atom. The van der Waals surface area contributed by atoms with Gasteiger partial charge in [-0.2, -0.15) is 0 Å². The van der Waals surface area contributed by atoms with Gasteiger partial charge in [0.15, 0.2) is 5.78 Å². The van der Waals surface area contributed by atoms with Crippen LogP contribution >= 0.6 is 15.9 Å². The maximum Gasteiger partial charge on any atom is 0.162 e. The molecule has 0 saturated heterocycles. The summed E-state index contributed by atoms with van der Waals surface area (Å²) >= 11 is 3.37. The van der Waals surface area contributed by atoms with E-state index < -0.39 is 0 Å². The highest BCUT2D eigenvalue weighted by Crippen LogP contribution is 2.12. The topological polar surface area (TPSA) is 29.5 Å². The van der Waals surface area contributed by atoms with Gasteiger partial charge in [0.25, 0.3) is 0 Å². The van der Waals surface area contributed by atoms with Crippen molar-refractivity contribution in [2.24, 2.45) is 0 Å². The summed E-state index contributed by atoms with van der Waals surface area (Å²) in [4.78, 5) is 14.2. The highest BCUT2D eigenvalue weighted by Gasteiger charge is 2.06. The number of hydrogen-bond donors (Lipinski definition) is 0. The Kier molecular flexibility index (Phi) is 8.04. The van der Waals surface area contributed by atoms with E-state index in [1.165, 1.54) is 0 Å². The van der Waals surface area contributed by atoms with E-state index in [1.807, 2.05) is 38.1 Å². The number of halogens is 1. The van der Waals surface area contributed by atoms with Crippen LogP contribution in [-0.4, -0.2) is 43.5 Å². The third-order valence-electron chi connectivity index (χ3n) is 3.03. The van der Waals surface area contributed by atoms with Gasteiger partial charge in [-0.05, 0) is 46.0 Å². The molecule has 0 fully saturated rings. The standard InChI is InChI=1S/C16H24BrNO2/c1-13(2)20-12-11-18(3)10-4-5-16(19)14-6-8-15(17)9-7-14/h6-9,13H,4-5,10-12H2,1-3H3. The molecule has 3 nitrogen and oxygen atoms in total. The number of hydrogen-bond acceptors (Lipinski definition) is 3. The lowest BCUT2D eigenvalue weighted by Gasteiger charge is -2.17. The van der Waals surface area contributed by atoms with Crippen molar-refractivity contribution >= 4 is 21.7 Å². The normalized spacial score (nSPS) is 11.3. The summed E-state index contributed by atoms with van der Waals surface area (Å²) in [6.07, 6.45) is 1.76. The number of Topliss-reactive ketones (excluding diaryl/α,β-unsaturated/α-hetero) is 1. The molecule has 112 valence electrons. The summed E-state index contributed by atoms with van der Waals surface area (Å²) in [5.74, 6) is 0.212. The zero-order valence-electron chi connectivity index (χ0n) is 12.6. The summed E-state index contributed by atoms with van der Waals surface area (Å²) in [7, 11) is 2.06. The highest BCUT2D eigenvalue weighted by atomic mass is 79.9. The van der Waals surface area contributed by atoms with Crippen LogP contribution < -0.4 is 0 Å². The SMILES string of the molecule is CC(C)OCCN(C)CCCC(=O)c1ccc(Br)cc1. The van der Waals surface area contributed by atoms with Gasteiger partial charge in [-0.15, -0.1) is 0 Å². The molecule has 0 saturated carbocycles. The second-order valence-electron chi connectivity index (χ2n) is 5.26. The Labute approximate surface area is 130 Å². The molecule has 0 amide bonds. The van der Waals surface area contributed by atoms with Crippen molar-refractivity contribution in [2.75, 3.05) is 26.7 Å². The number of carbonyl (C=O) groups excluding carboxylic acids is 1. The van der Waals surface area contributed by atoms with E-state index in [0.29, 0.717) is 6.42 Å². The number of nitrogens with zero attached hydrogens (tertiary/aromatic N) is 1. The van der Waals surface area contributed by atoms with E-state index in [4.69, 9.17) is 4.74 Å². The van der Waals surface area contributed by atoms with E-state index in [-0.39, 0.29) is 11.9 Å². The maximum atomic E-state index is 12.0. The molecule has 1 aromatic carbocycles. The van der Waals surface area contributed by atoms with Crippen molar-refractivity contribution in [2.45, 2.75) is 32.8 Å². The maximum absolute atomic E-state index is 12.0. The first kappa shape index (κ1) is 17.3. The lowest BCUT2D eigenvalue weighted by molar-refractivity contribution is 0.0635. The molecule has 0 heterocycles. The van der Waals surface area contributed by atoms with Crippen molar-refractivity contribution < 1.29 is 9.53 Å². The molecule has 4 heteroatoms. The number of ketones is 1. The Balaban J connectivity index is 2.20. The first-order valence-electron chi connectivity index (χ1n) is 7.08. The van der Waals surface area contributed by atoms with Gasteiger partial charge in [-0.25, -0.2) is 0 Å². The van der Waals surface area contributed by atoms with Crippen LogP contribution in [0.5, 0.6) is 0 Å². The molecule has 0 aliphatic heterocycles. The van der Waals surface area contributed by atoms with E-state index in [9.17, 15) is 4.79 Å². The van der Waals surface area contributed by atoms with Crippen LogP contribution in [0.3, 0.4) is 0 Å². The average Bonchev–Trinajstić information content (AvgIpc) is 2.39. The van der Waals surface area contributed by atoms with Gasteiger partial charge < -0.3 is 9.64 Å². The fourth-order valence-corrected chi connectivity index (χ4v) is 2.11. The van der Waals surface area contributed by atoms with E-state index in [0.717, 1.165) is 36.2 Å². The van der Waals surface area contributed by atoms with E-state index >= 15 is 0 Å². The fourth-order valence-electron chi connectivity index (χ4n) is 1.85. The van der Waals surface area contributed by atoms with Gasteiger partial charge in [-0.3, -0.25) is 4.79 Å². The van der Waals surface area contributed by atoms with Gasteiger partial charge in [0.05, 0.1) is 12.7 Å². The molecule has 1 aromatic rings. The Bertz CT molecular complexity index is 403. The third-order valence-corrected chi connectivity index (χ3v) is 3.56. The minimum atomic E-state index is 0.212. The zero-order valence-corrected chi connectivity index (χ0v) is 14.1. The van der Waals surface area contributed by atoms with Crippen LogP contribution in [0.4, 0.5) is 0 Å². The summed E-state index contributed by atoms with van der Waals surface area (Å²) in [6, 6.07) is 7.55. The minimum absolute atomic E-state index is 0.212. The quantitative estimate of drug-likeness (QED) is 0.640. The van der Waals surface area contributed by atoms with Crippen molar-refractivity contribution in [1.82, 2.24) is 4.90 Å². The second kappa shape index (κ2) is 9.27. The first-order chi connectivity index (χ1) is 9.49. The fraction of sp³-hybridized carbons (Fsp3) is 0.562. The van der Waals surface area contributed by atoms with Crippen LogP contribution in [0, 0.1) is 0 Å². The molecule has 0 aromatic heterocycles. The van der Waals surface area contributed by atoms with Crippen molar-refractivity contribution in [3.8, 4) is 0 Å². The predicted octanol–water partition coefficient (Wildman–Crippen LogP) is 3.77. The molecule has 0 aliphatic rings. The molecular formula is C16H24BrNO2. The average molecular weight is 342 g/mol. The molecule has 0 radical (unpaired) electrons. The largest absolute Gasteiger partial charge is 0.377 e. The number of ether oxygens (including phenoxy) is 1. The number of rotatable bonds is 9. The molecule has 0 aliphatic carbocycles. The summed E-state index contributed by atoms with van der Waals surface area (Å²) in [5, 5.41) is 0. The lowest BCUT2D eigenvalue weighted by atomic mass is 10.1. The van der Waals surface area contributed by atoms with Gasteiger partial charge in [0.1, 0.15) is 0 Å². The second-order valence-corrected chi connectivity index (χ2v) is 6.17. The van der Waals surface area contributed by atoms with Gasteiger partial charge >= 0.3 is 0 Å². The summed E-state index contributed by atoms with van der Waals surface area (Å²) in [5.41, 5.74) is 0.791. The van der Waals surface area contributed by atoms with Crippen LogP contribution in [-0.2, 0) is 4.74 Å². The summed E-state index contributed by atoms with van der Waals surface area (Å²) in [6.45, 7) is 6.65.